The zero-order valence-electron chi connectivity index (χ0n) is 14.7. The van der Waals surface area contributed by atoms with Crippen molar-refractivity contribution in [3.05, 3.63) is 35.3 Å². The van der Waals surface area contributed by atoms with Gasteiger partial charge in [-0.3, -0.25) is 4.79 Å². The summed E-state index contributed by atoms with van der Waals surface area (Å²) in [5.74, 6) is 1.36. The van der Waals surface area contributed by atoms with E-state index >= 15 is 0 Å². The number of hydrogen-bond acceptors (Lipinski definition) is 5. The Hall–Kier alpha value is -2.21. The second-order valence-corrected chi connectivity index (χ2v) is 6.79. The Morgan fingerprint density at radius 1 is 1.36 bits per heavy atom. The van der Waals surface area contributed by atoms with E-state index in [-0.39, 0.29) is 17.9 Å². The van der Waals surface area contributed by atoms with E-state index in [0.717, 1.165) is 47.7 Å². The predicted molar refractivity (Wildman–Crippen MR) is 91.8 cm³/mol. The molecule has 0 N–H and O–H groups in total. The maximum Gasteiger partial charge on any atom is 0.225 e. The minimum Gasteiger partial charge on any atom is -0.368 e. The fourth-order valence-electron chi connectivity index (χ4n) is 3.37. The van der Waals surface area contributed by atoms with Crippen LogP contribution in [-0.2, 0) is 16.0 Å². The largest absolute Gasteiger partial charge is 0.368 e. The molecule has 0 radical (unpaired) electrons. The Bertz CT molecular complexity index is 782. The van der Waals surface area contributed by atoms with Crippen LogP contribution in [0.15, 0.2) is 22.7 Å². The van der Waals surface area contributed by atoms with Gasteiger partial charge in [-0.2, -0.15) is 0 Å². The summed E-state index contributed by atoms with van der Waals surface area (Å²) >= 11 is 0. The van der Waals surface area contributed by atoms with E-state index in [9.17, 15) is 4.79 Å². The zero-order chi connectivity index (χ0) is 17.4. The molecule has 1 aliphatic carbocycles. The highest BCUT2D eigenvalue weighted by molar-refractivity contribution is 5.81. The molecule has 132 valence electrons. The number of amides is 1. The summed E-state index contributed by atoms with van der Waals surface area (Å²) < 4.78 is 11.3. The summed E-state index contributed by atoms with van der Waals surface area (Å²) in [5.41, 5.74) is 3.51. The molecule has 25 heavy (non-hydrogen) atoms. The van der Waals surface area contributed by atoms with Crippen molar-refractivity contribution in [1.82, 2.24) is 15.0 Å². The molecule has 2 fully saturated rings. The Kier molecular flexibility index (Phi) is 4.29. The van der Waals surface area contributed by atoms with Crippen LogP contribution >= 0.6 is 0 Å². The number of hydrogen-bond donors (Lipinski definition) is 0. The summed E-state index contributed by atoms with van der Waals surface area (Å²) in [5, 5.41) is 4.07. The van der Waals surface area contributed by atoms with Gasteiger partial charge in [0.25, 0.3) is 0 Å². The molecule has 2 aromatic heterocycles. The van der Waals surface area contributed by atoms with E-state index in [2.05, 4.69) is 5.16 Å². The monoisotopic (exact) mass is 341 g/mol. The standard InChI is InChI=1S/C19H23N3O3/c1-3-16-18(12(2)21-25-16)15-6-4-5-14(20-15)17-11-22(9-10-24-17)19(23)13-7-8-13/h4-6,13,17H,3,7-11H2,1-2H3. The van der Waals surface area contributed by atoms with Crippen molar-refractivity contribution in [3.63, 3.8) is 0 Å². The molecule has 6 nitrogen and oxygen atoms in total. The van der Waals surface area contributed by atoms with Crippen LogP contribution in [0.3, 0.4) is 0 Å². The van der Waals surface area contributed by atoms with Crippen molar-refractivity contribution in [1.29, 1.82) is 0 Å². The van der Waals surface area contributed by atoms with Crippen LogP contribution in [0.25, 0.3) is 11.3 Å². The summed E-state index contributed by atoms with van der Waals surface area (Å²) in [4.78, 5) is 19.1. The molecular weight excluding hydrogens is 318 g/mol. The summed E-state index contributed by atoms with van der Waals surface area (Å²) in [7, 11) is 0. The lowest BCUT2D eigenvalue weighted by Gasteiger charge is -2.33. The van der Waals surface area contributed by atoms with Crippen LogP contribution in [-0.4, -0.2) is 40.6 Å². The van der Waals surface area contributed by atoms with E-state index in [0.29, 0.717) is 19.7 Å². The molecule has 1 saturated heterocycles. The third-order valence-electron chi connectivity index (χ3n) is 4.92. The second kappa shape index (κ2) is 6.59. The SMILES string of the molecule is CCc1onc(C)c1-c1cccc(C2CN(C(=O)C3CC3)CCO2)n1. The molecule has 1 atom stereocenters. The average molecular weight is 341 g/mol. The average Bonchev–Trinajstić information content (AvgIpc) is 3.43. The number of nitrogens with zero attached hydrogens (tertiary/aromatic N) is 3. The number of morpholine rings is 1. The molecule has 3 heterocycles. The van der Waals surface area contributed by atoms with Crippen molar-refractivity contribution in [3.8, 4) is 11.3 Å². The van der Waals surface area contributed by atoms with Crippen molar-refractivity contribution in [2.24, 2.45) is 5.92 Å². The van der Waals surface area contributed by atoms with E-state index < -0.39 is 0 Å². The van der Waals surface area contributed by atoms with Gasteiger partial charge in [-0.05, 0) is 31.9 Å². The number of aromatic nitrogens is 2. The zero-order valence-corrected chi connectivity index (χ0v) is 14.7. The quantitative estimate of drug-likeness (QED) is 0.855. The lowest BCUT2D eigenvalue weighted by Crippen LogP contribution is -2.43. The molecule has 1 aliphatic heterocycles. The van der Waals surface area contributed by atoms with Gasteiger partial charge in [0.2, 0.25) is 5.91 Å². The Morgan fingerprint density at radius 3 is 2.96 bits per heavy atom. The van der Waals surface area contributed by atoms with E-state index in [4.69, 9.17) is 14.2 Å². The number of carbonyl (C=O) groups is 1. The number of carbonyl (C=O) groups excluding carboxylic acids is 1. The topological polar surface area (TPSA) is 68.5 Å². The molecule has 1 unspecified atom stereocenters. The Balaban J connectivity index is 1.58. The summed E-state index contributed by atoms with van der Waals surface area (Å²) in [6, 6.07) is 5.92. The van der Waals surface area contributed by atoms with E-state index in [1.165, 1.54) is 0 Å². The molecule has 0 spiro atoms. The molecule has 4 rings (SSSR count). The first-order chi connectivity index (χ1) is 12.2. The highest BCUT2D eigenvalue weighted by atomic mass is 16.5. The maximum absolute atomic E-state index is 12.3. The summed E-state index contributed by atoms with van der Waals surface area (Å²) in [6.45, 7) is 5.78. The molecule has 2 aromatic rings. The molecule has 2 aliphatic rings. The molecule has 0 aromatic carbocycles. The first kappa shape index (κ1) is 16.3. The van der Waals surface area contributed by atoms with Gasteiger partial charge >= 0.3 is 0 Å². The van der Waals surface area contributed by atoms with Gasteiger partial charge in [-0.1, -0.05) is 18.1 Å². The highest BCUT2D eigenvalue weighted by Gasteiger charge is 2.36. The summed E-state index contributed by atoms with van der Waals surface area (Å²) in [6.07, 6.45) is 2.65. The fraction of sp³-hybridized carbons (Fsp3) is 0.526. The predicted octanol–water partition coefficient (Wildman–Crippen LogP) is 2.92. The van der Waals surface area contributed by atoms with Gasteiger partial charge in [0.1, 0.15) is 11.9 Å². The van der Waals surface area contributed by atoms with Crippen molar-refractivity contribution in [2.75, 3.05) is 19.7 Å². The third kappa shape index (κ3) is 3.18. The highest BCUT2D eigenvalue weighted by Crippen LogP contribution is 2.33. The molecule has 0 bridgehead atoms. The van der Waals surface area contributed by atoms with Crippen LogP contribution in [0.5, 0.6) is 0 Å². The smallest absolute Gasteiger partial charge is 0.225 e. The van der Waals surface area contributed by atoms with Gasteiger partial charge in [0.15, 0.2) is 0 Å². The number of aryl methyl sites for hydroxylation is 2. The van der Waals surface area contributed by atoms with Gasteiger partial charge in [0.05, 0.1) is 35.8 Å². The lowest BCUT2D eigenvalue weighted by atomic mass is 10.1. The minimum atomic E-state index is -0.179. The second-order valence-electron chi connectivity index (χ2n) is 6.79. The lowest BCUT2D eigenvalue weighted by molar-refractivity contribution is -0.140. The maximum atomic E-state index is 12.3. The van der Waals surface area contributed by atoms with Gasteiger partial charge in [-0.15, -0.1) is 0 Å². The van der Waals surface area contributed by atoms with E-state index in [1.54, 1.807) is 0 Å². The van der Waals surface area contributed by atoms with Crippen LogP contribution in [0.1, 0.15) is 43.0 Å². The minimum absolute atomic E-state index is 0.179. The molecule has 1 amide bonds. The third-order valence-corrected chi connectivity index (χ3v) is 4.92. The van der Waals surface area contributed by atoms with Gasteiger partial charge < -0.3 is 14.2 Å². The van der Waals surface area contributed by atoms with Crippen molar-refractivity contribution < 1.29 is 14.1 Å². The van der Waals surface area contributed by atoms with Crippen LogP contribution in [0.2, 0.25) is 0 Å². The number of ether oxygens (including phenoxy) is 1. The van der Waals surface area contributed by atoms with Gasteiger partial charge in [-0.25, -0.2) is 4.98 Å². The van der Waals surface area contributed by atoms with Crippen LogP contribution in [0, 0.1) is 12.8 Å². The van der Waals surface area contributed by atoms with Crippen molar-refractivity contribution >= 4 is 5.91 Å². The van der Waals surface area contributed by atoms with E-state index in [1.807, 2.05) is 36.9 Å². The van der Waals surface area contributed by atoms with Crippen LogP contribution < -0.4 is 0 Å². The van der Waals surface area contributed by atoms with Crippen LogP contribution in [0.4, 0.5) is 0 Å². The van der Waals surface area contributed by atoms with Gasteiger partial charge in [0, 0.05) is 18.9 Å². The Labute approximate surface area is 147 Å². The molecule has 6 heteroatoms. The normalized spacial score (nSPS) is 20.7. The first-order valence-corrected chi connectivity index (χ1v) is 9.00. The molecule has 1 saturated carbocycles. The first-order valence-electron chi connectivity index (χ1n) is 9.00. The Morgan fingerprint density at radius 2 is 2.20 bits per heavy atom. The number of pyridine rings is 1. The fourth-order valence-corrected chi connectivity index (χ4v) is 3.37. The molecular formula is C19H23N3O3. The van der Waals surface area contributed by atoms with Crippen molar-refractivity contribution in [2.45, 2.75) is 39.2 Å². The number of rotatable bonds is 4.